The van der Waals surface area contributed by atoms with Gasteiger partial charge >= 0.3 is 0 Å². The minimum Gasteiger partial charge on any atom is -0.351 e. The molecule has 2 aliphatic rings. The molecule has 3 heterocycles. The van der Waals surface area contributed by atoms with Crippen molar-refractivity contribution in [1.82, 2.24) is 14.7 Å². The largest absolute Gasteiger partial charge is 0.351 e. The van der Waals surface area contributed by atoms with Gasteiger partial charge < -0.3 is 10.6 Å². The molecule has 1 aromatic heterocycles. The number of aromatic nitrogens is 2. The van der Waals surface area contributed by atoms with Gasteiger partial charge in [0.2, 0.25) is 0 Å². The Morgan fingerprint density at radius 1 is 1.30 bits per heavy atom. The third-order valence-corrected chi connectivity index (χ3v) is 4.98. The van der Waals surface area contributed by atoms with Crippen LogP contribution in [0.2, 0.25) is 0 Å². The fraction of sp³-hybridized carbons (Fsp3) is 0.800. The van der Waals surface area contributed by atoms with Gasteiger partial charge in [-0.15, -0.1) is 0 Å². The van der Waals surface area contributed by atoms with Crippen LogP contribution in [0.25, 0.3) is 0 Å². The molecular formula is C15H27N5. The van der Waals surface area contributed by atoms with Crippen LogP contribution in [-0.2, 0) is 13.6 Å². The molecule has 3 rings (SSSR count). The summed E-state index contributed by atoms with van der Waals surface area (Å²) >= 11 is 0. The molecule has 0 radical (unpaired) electrons. The first kappa shape index (κ1) is 13.9. The number of aryl methyl sites for hydroxylation is 2. The summed E-state index contributed by atoms with van der Waals surface area (Å²) in [6.07, 6.45) is 4.07. The average molecular weight is 277 g/mol. The fourth-order valence-electron chi connectivity index (χ4n) is 3.94. The zero-order chi connectivity index (χ0) is 14.3. The van der Waals surface area contributed by atoms with E-state index in [1.807, 2.05) is 11.7 Å². The molecule has 2 N–H and O–H groups in total. The van der Waals surface area contributed by atoms with Gasteiger partial charge in [-0.05, 0) is 33.2 Å². The minimum absolute atomic E-state index is 0.532. The predicted octanol–water partition coefficient (Wildman–Crippen LogP) is 1.25. The van der Waals surface area contributed by atoms with Gasteiger partial charge in [-0.25, -0.2) is 0 Å². The van der Waals surface area contributed by atoms with Gasteiger partial charge in [-0.2, -0.15) is 5.10 Å². The summed E-state index contributed by atoms with van der Waals surface area (Å²) in [4.78, 5) is 5.21. The van der Waals surface area contributed by atoms with Crippen molar-refractivity contribution >= 4 is 5.82 Å². The predicted molar refractivity (Wildman–Crippen MR) is 81.9 cm³/mol. The molecule has 0 aromatic carbocycles. The Labute approximate surface area is 121 Å². The molecule has 5 heteroatoms. The van der Waals surface area contributed by atoms with Crippen molar-refractivity contribution in [3.63, 3.8) is 0 Å². The van der Waals surface area contributed by atoms with E-state index in [-0.39, 0.29) is 0 Å². The molecule has 2 aliphatic heterocycles. The summed E-state index contributed by atoms with van der Waals surface area (Å²) in [6.45, 7) is 8.52. The highest BCUT2D eigenvalue weighted by molar-refractivity contribution is 5.51. The standard InChI is InChI=1S/C15H27N5/c1-11-9-19-7-5-4-6-13(19)10-20(11)15-14(8-16)12(2)17-18(15)3/h11,13H,4-10,16H2,1-3H3. The van der Waals surface area contributed by atoms with E-state index < -0.39 is 0 Å². The van der Waals surface area contributed by atoms with E-state index in [1.165, 1.54) is 43.7 Å². The quantitative estimate of drug-likeness (QED) is 0.884. The molecule has 5 nitrogen and oxygen atoms in total. The molecule has 2 unspecified atom stereocenters. The van der Waals surface area contributed by atoms with Crippen molar-refractivity contribution < 1.29 is 0 Å². The molecule has 2 fully saturated rings. The first-order chi connectivity index (χ1) is 9.61. The van der Waals surface area contributed by atoms with Gasteiger partial charge in [0, 0.05) is 44.3 Å². The highest BCUT2D eigenvalue weighted by atomic mass is 15.4. The number of rotatable bonds is 2. The molecule has 2 saturated heterocycles. The Morgan fingerprint density at radius 2 is 2.10 bits per heavy atom. The number of fused-ring (bicyclic) bond motifs is 1. The van der Waals surface area contributed by atoms with E-state index in [2.05, 4.69) is 28.7 Å². The number of nitrogens with two attached hydrogens (primary N) is 1. The monoisotopic (exact) mass is 277 g/mol. The van der Waals surface area contributed by atoms with Crippen LogP contribution in [0, 0.1) is 6.92 Å². The van der Waals surface area contributed by atoms with Crippen molar-refractivity contribution in [2.75, 3.05) is 24.5 Å². The summed E-state index contributed by atoms with van der Waals surface area (Å²) in [5, 5.41) is 4.58. The van der Waals surface area contributed by atoms with Crippen molar-refractivity contribution in [3.05, 3.63) is 11.3 Å². The fourth-order valence-corrected chi connectivity index (χ4v) is 3.94. The maximum Gasteiger partial charge on any atom is 0.131 e. The second kappa shape index (κ2) is 5.37. The maximum atomic E-state index is 5.96. The SMILES string of the molecule is Cc1nn(C)c(N2CC3CCCCN3CC2C)c1CN. The molecule has 2 atom stereocenters. The number of anilines is 1. The molecule has 0 aliphatic carbocycles. The van der Waals surface area contributed by atoms with Crippen LogP contribution < -0.4 is 10.6 Å². The van der Waals surface area contributed by atoms with Crippen LogP contribution in [0.3, 0.4) is 0 Å². The third kappa shape index (κ3) is 2.23. The Bertz CT molecular complexity index is 481. The lowest BCUT2D eigenvalue weighted by molar-refractivity contribution is 0.115. The Kier molecular flexibility index (Phi) is 3.73. The van der Waals surface area contributed by atoms with Crippen LogP contribution in [-0.4, -0.2) is 46.4 Å². The molecule has 0 saturated carbocycles. The van der Waals surface area contributed by atoms with Crippen LogP contribution in [0.15, 0.2) is 0 Å². The lowest BCUT2D eigenvalue weighted by Gasteiger charge is -2.48. The summed E-state index contributed by atoms with van der Waals surface area (Å²) in [5.41, 5.74) is 8.24. The second-order valence-electron chi connectivity index (χ2n) is 6.36. The van der Waals surface area contributed by atoms with E-state index in [0.717, 1.165) is 12.2 Å². The van der Waals surface area contributed by atoms with Gasteiger partial charge in [0.05, 0.1) is 5.69 Å². The Balaban J connectivity index is 1.89. The molecule has 0 spiro atoms. The zero-order valence-corrected chi connectivity index (χ0v) is 13.0. The van der Waals surface area contributed by atoms with E-state index in [0.29, 0.717) is 18.6 Å². The topological polar surface area (TPSA) is 50.3 Å². The summed E-state index contributed by atoms with van der Waals surface area (Å²) in [5.74, 6) is 1.24. The van der Waals surface area contributed by atoms with Crippen LogP contribution in [0.4, 0.5) is 5.82 Å². The van der Waals surface area contributed by atoms with Gasteiger partial charge in [0.25, 0.3) is 0 Å². The van der Waals surface area contributed by atoms with Crippen molar-refractivity contribution in [2.45, 2.75) is 51.7 Å². The lowest BCUT2D eigenvalue weighted by atomic mass is 9.97. The number of piperazine rings is 1. The lowest BCUT2D eigenvalue weighted by Crippen LogP contribution is -2.59. The van der Waals surface area contributed by atoms with Gasteiger partial charge in [0.1, 0.15) is 5.82 Å². The average Bonchev–Trinajstić information content (AvgIpc) is 2.72. The normalized spacial score (nSPS) is 27.7. The van der Waals surface area contributed by atoms with Crippen LogP contribution >= 0.6 is 0 Å². The number of hydrogen-bond donors (Lipinski definition) is 1. The first-order valence-electron chi connectivity index (χ1n) is 7.85. The summed E-state index contributed by atoms with van der Waals surface area (Å²) < 4.78 is 2.02. The molecule has 1 aromatic rings. The number of piperidine rings is 1. The molecule has 0 amide bonds. The maximum absolute atomic E-state index is 5.96. The van der Waals surface area contributed by atoms with Gasteiger partial charge in [0.15, 0.2) is 0 Å². The summed E-state index contributed by atoms with van der Waals surface area (Å²) in [7, 11) is 2.04. The van der Waals surface area contributed by atoms with Crippen molar-refractivity contribution in [2.24, 2.45) is 12.8 Å². The summed E-state index contributed by atoms with van der Waals surface area (Å²) in [6, 6.07) is 1.24. The van der Waals surface area contributed by atoms with Gasteiger partial charge in [-0.1, -0.05) is 6.42 Å². The van der Waals surface area contributed by atoms with Crippen molar-refractivity contribution in [1.29, 1.82) is 0 Å². The smallest absolute Gasteiger partial charge is 0.131 e. The second-order valence-corrected chi connectivity index (χ2v) is 6.36. The van der Waals surface area contributed by atoms with E-state index >= 15 is 0 Å². The van der Waals surface area contributed by atoms with E-state index in [1.54, 1.807) is 0 Å². The highest BCUT2D eigenvalue weighted by Gasteiger charge is 2.35. The van der Waals surface area contributed by atoms with Crippen LogP contribution in [0.5, 0.6) is 0 Å². The minimum atomic E-state index is 0.532. The first-order valence-corrected chi connectivity index (χ1v) is 7.85. The zero-order valence-electron chi connectivity index (χ0n) is 13.0. The molecular weight excluding hydrogens is 250 g/mol. The Hall–Kier alpha value is -1.07. The molecule has 112 valence electrons. The van der Waals surface area contributed by atoms with E-state index in [4.69, 9.17) is 5.73 Å². The number of hydrogen-bond acceptors (Lipinski definition) is 4. The van der Waals surface area contributed by atoms with E-state index in [9.17, 15) is 0 Å². The van der Waals surface area contributed by atoms with Crippen LogP contribution in [0.1, 0.15) is 37.4 Å². The van der Waals surface area contributed by atoms with Crippen molar-refractivity contribution in [3.8, 4) is 0 Å². The third-order valence-electron chi connectivity index (χ3n) is 4.98. The number of nitrogens with zero attached hydrogens (tertiary/aromatic N) is 4. The highest BCUT2D eigenvalue weighted by Crippen LogP contribution is 2.31. The molecule has 0 bridgehead atoms. The molecule has 20 heavy (non-hydrogen) atoms. The van der Waals surface area contributed by atoms with Gasteiger partial charge in [-0.3, -0.25) is 9.58 Å². The Morgan fingerprint density at radius 3 is 2.85 bits per heavy atom.